The fourth-order valence-corrected chi connectivity index (χ4v) is 3.63. The highest BCUT2D eigenvalue weighted by Crippen LogP contribution is 2.29. The highest BCUT2D eigenvalue weighted by atomic mass is 19.1. The van der Waals surface area contributed by atoms with Crippen molar-refractivity contribution in [3.63, 3.8) is 0 Å². The van der Waals surface area contributed by atoms with Gasteiger partial charge in [-0.2, -0.15) is 0 Å². The van der Waals surface area contributed by atoms with Crippen LogP contribution >= 0.6 is 0 Å². The van der Waals surface area contributed by atoms with Gasteiger partial charge in [-0.15, -0.1) is 0 Å². The third-order valence-corrected chi connectivity index (χ3v) is 4.96. The lowest BCUT2D eigenvalue weighted by Gasteiger charge is -2.25. The highest BCUT2D eigenvalue weighted by Gasteiger charge is 2.29. The van der Waals surface area contributed by atoms with Crippen LogP contribution in [0.1, 0.15) is 30.9 Å². The molecule has 1 saturated heterocycles. The van der Waals surface area contributed by atoms with Crippen molar-refractivity contribution in [1.29, 1.82) is 0 Å². The van der Waals surface area contributed by atoms with Gasteiger partial charge in [0.1, 0.15) is 5.82 Å². The summed E-state index contributed by atoms with van der Waals surface area (Å²) in [5.74, 6) is 0.842. The molecule has 1 fully saturated rings. The van der Waals surface area contributed by atoms with Crippen LogP contribution < -0.4 is 9.47 Å². The number of hydrogen-bond donors (Lipinski definition) is 0. The van der Waals surface area contributed by atoms with E-state index in [1.807, 2.05) is 48.2 Å². The molecule has 0 aliphatic carbocycles. The molecule has 148 valence electrons. The van der Waals surface area contributed by atoms with Crippen LogP contribution in [-0.4, -0.2) is 37.1 Å². The maximum Gasteiger partial charge on any atom is 0.260 e. The first kappa shape index (κ1) is 19.9. The summed E-state index contributed by atoms with van der Waals surface area (Å²) in [5.41, 5.74) is 1.92. The number of hydrogen-bond acceptors (Lipinski definition) is 3. The van der Waals surface area contributed by atoms with Crippen molar-refractivity contribution in [1.82, 2.24) is 4.90 Å². The molecule has 1 aliphatic heterocycles. The van der Waals surface area contributed by atoms with E-state index in [4.69, 9.17) is 9.47 Å². The number of nitrogens with zero attached hydrogens (tertiary/aromatic N) is 1. The first-order valence-corrected chi connectivity index (χ1v) is 9.58. The summed E-state index contributed by atoms with van der Waals surface area (Å²) >= 11 is 0. The average Bonchev–Trinajstić information content (AvgIpc) is 3.15. The van der Waals surface area contributed by atoms with Gasteiger partial charge in [0, 0.05) is 12.6 Å². The molecule has 0 spiro atoms. The Morgan fingerprint density at radius 2 is 2.11 bits per heavy atom. The minimum absolute atomic E-state index is 0.0427. The molecule has 1 aliphatic rings. The molecule has 0 bridgehead atoms. The normalized spacial score (nSPS) is 16.5. The third kappa shape index (κ3) is 4.91. The monoisotopic (exact) mass is 383 g/mol. The number of allylic oxidation sites excluding steroid dienone is 1. The number of carbonyl (C=O) groups excluding carboxylic acids is 1. The first-order chi connectivity index (χ1) is 13.6. The summed E-state index contributed by atoms with van der Waals surface area (Å²) in [4.78, 5) is 14.6. The van der Waals surface area contributed by atoms with Crippen LogP contribution in [0.15, 0.2) is 48.5 Å². The van der Waals surface area contributed by atoms with Gasteiger partial charge >= 0.3 is 0 Å². The molecule has 0 N–H and O–H groups in total. The number of methoxy groups -OCH3 is 1. The van der Waals surface area contributed by atoms with Crippen molar-refractivity contribution in [2.24, 2.45) is 0 Å². The number of amides is 1. The van der Waals surface area contributed by atoms with Crippen molar-refractivity contribution in [2.75, 3.05) is 20.3 Å². The Hall–Kier alpha value is -2.82. The first-order valence-electron chi connectivity index (χ1n) is 9.58. The standard InChI is InChI=1S/C23H26FNO3/c1-3-6-17-10-11-21(22(15-17)27-2)28-16-23(26)25-12-5-9-20(25)14-18-7-4-8-19(24)13-18/h3-4,6-8,10-11,13,15,20H,5,9,12,14,16H2,1-2H3. The zero-order valence-corrected chi connectivity index (χ0v) is 16.4. The summed E-state index contributed by atoms with van der Waals surface area (Å²) in [7, 11) is 1.58. The van der Waals surface area contributed by atoms with Crippen LogP contribution in [0.25, 0.3) is 6.08 Å². The van der Waals surface area contributed by atoms with E-state index < -0.39 is 0 Å². The number of halogens is 1. The zero-order valence-electron chi connectivity index (χ0n) is 16.4. The molecule has 1 heterocycles. The van der Waals surface area contributed by atoms with Gasteiger partial charge in [0.25, 0.3) is 5.91 Å². The number of likely N-dealkylation sites (tertiary alicyclic amines) is 1. The predicted molar refractivity (Wildman–Crippen MR) is 108 cm³/mol. The molecule has 0 radical (unpaired) electrons. The van der Waals surface area contributed by atoms with Crippen molar-refractivity contribution < 1.29 is 18.7 Å². The summed E-state index contributed by atoms with van der Waals surface area (Å²) in [5, 5.41) is 0. The Morgan fingerprint density at radius 1 is 1.25 bits per heavy atom. The lowest BCUT2D eigenvalue weighted by Crippen LogP contribution is -2.39. The molecule has 1 atom stereocenters. The molecular weight excluding hydrogens is 357 g/mol. The Labute approximate surface area is 165 Å². The smallest absolute Gasteiger partial charge is 0.260 e. The second-order valence-corrected chi connectivity index (χ2v) is 6.92. The third-order valence-electron chi connectivity index (χ3n) is 4.96. The SMILES string of the molecule is CC=Cc1ccc(OCC(=O)N2CCCC2Cc2cccc(F)c2)c(OC)c1. The largest absolute Gasteiger partial charge is 0.493 e. The minimum atomic E-state index is -0.245. The Morgan fingerprint density at radius 3 is 2.86 bits per heavy atom. The van der Waals surface area contributed by atoms with Crippen LogP contribution in [0.5, 0.6) is 11.5 Å². The summed E-state index contributed by atoms with van der Waals surface area (Å²) in [6.45, 7) is 2.62. The summed E-state index contributed by atoms with van der Waals surface area (Å²) < 4.78 is 24.6. The molecule has 0 aromatic heterocycles. The molecule has 3 rings (SSSR count). The van der Waals surface area contributed by atoms with Gasteiger partial charge in [0.2, 0.25) is 0 Å². The van der Waals surface area contributed by atoms with Crippen molar-refractivity contribution in [3.05, 3.63) is 65.5 Å². The molecule has 2 aromatic carbocycles. The second kappa shape index (κ2) is 9.40. The average molecular weight is 383 g/mol. The van der Waals surface area contributed by atoms with Crippen LogP contribution in [0.4, 0.5) is 4.39 Å². The number of carbonyl (C=O) groups is 1. The molecule has 28 heavy (non-hydrogen) atoms. The van der Waals surface area contributed by atoms with E-state index in [1.54, 1.807) is 13.2 Å². The van der Waals surface area contributed by atoms with Crippen LogP contribution in [0.2, 0.25) is 0 Å². The molecular formula is C23H26FNO3. The summed E-state index contributed by atoms with van der Waals surface area (Å²) in [6, 6.07) is 12.3. The van der Waals surface area contributed by atoms with Gasteiger partial charge in [-0.1, -0.05) is 30.4 Å². The van der Waals surface area contributed by atoms with Crippen LogP contribution in [-0.2, 0) is 11.2 Å². The van der Waals surface area contributed by atoms with E-state index >= 15 is 0 Å². The van der Waals surface area contributed by atoms with Gasteiger partial charge in [-0.3, -0.25) is 4.79 Å². The van der Waals surface area contributed by atoms with E-state index in [-0.39, 0.29) is 24.4 Å². The van der Waals surface area contributed by atoms with Crippen molar-refractivity contribution in [2.45, 2.75) is 32.2 Å². The zero-order chi connectivity index (χ0) is 19.9. The Balaban J connectivity index is 1.62. The number of benzene rings is 2. The molecule has 4 nitrogen and oxygen atoms in total. The van der Waals surface area contributed by atoms with E-state index in [2.05, 4.69) is 0 Å². The maximum atomic E-state index is 13.4. The van der Waals surface area contributed by atoms with E-state index in [9.17, 15) is 9.18 Å². The molecule has 5 heteroatoms. The van der Waals surface area contributed by atoms with Gasteiger partial charge < -0.3 is 14.4 Å². The Bertz CT molecular complexity index is 849. The maximum absolute atomic E-state index is 13.4. The van der Waals surface area contributed by atoms with Gasteiger partial charge in [-0.05, 0) is 61.6 Å². The topological polar surface area (TPSA) is 38.8 Å². The van der Waals surface area contributed by atoms with Crippen molar-refractivity contribution in [3.8, 4) is 11.5 Å². The van der Waals surface area contributed by atoms with E-state index in [0.717, 1.165) is 24.0 Å². The number of rotatable bonds is 7. The van der Waals surface area contributed by atoms with Gasteiger partial charge in [-0.25, -0.2) is 4.39 Å². The second-order valence-electron chi connectivity index (χ2n) is 6.92. The predicted octanol–water partition coefficient (Wildman–Crippen LogP) is 4.48. The fourth-order valence-electron chi connectivity index (χ4n) is 3.63. The van der Waals surface area contributed by atoms with Crippen LogP contribution in [0, 0.1) is 5.82 Å². The lowest BCUT2D eigenvalue weighted by molar-refractivity contribution is -0.134. The molecule has 1 unspecified atom stereocenters. The summed E-state index contributed by atoms with van der Waals surface area (Å²) in [6.07, 6.45) is 6.45. The van der Waals surface area contributed by atoms with Crippen molar-refractivity contribution >= 4 is 12.0 Å². The fraction of sp³-hybridized carbons (Fsp3) is 0.348. The van der Waals surface area contributed by atoms with Gasteiger partial charge in [0.15, 0.2) is 18.1 Å². The lowest BCUT2D eigenvalue weighted by atomic mass is 10.0. The molecule has 2 aromatic rings. The number of ether oxygens (including phenoxy) is 2. The quantitative estimate of drug-likeness (QED) is 0.708. The molecule has 1 amide bonds. The van der Waals surface area contributed by atoms with Gasteiger partial charge in [0.05, 0.1) is 7.11 Å². The van der Waals surface area contributed by atoms with E-state index in [0.29, 0.717) is 24.5 Å². The molecule has 0 saturated carbocycles. The van der Waals surface area contributed by atoms with Crippen LogP contribution in [0.3, 0.4) is 0 Å². The van der Waals surface area contributed by atoms with E-state index in [1.165, 1.54) is 12.1 Å². The highest BCUT2D eigenvalue weighted by molar-refractivity contribution is 5.78. The Kier molecular flexibility index (Phi) is 6.69. The minimum Gasteiger partial charge on any atom is -0.493 e.